The van der Waals surface area contributed by atoms with Crippen LogP contribution in [0.3, 0.4) is 0 Å². The van der Waals surface area contributed by atoms with Gasteiger partial charge < -0.3 is 5.11 Å². The molecule has 0 saturated heterocycles. The Kier molecular flexibility index (Phi) is 4.82. The summed E-state index contributed by atoms with van der Waals surface area (Å²) in [5.41, 5.74) is 1.55. The number of aromatic carboxylic acids is 1. The van der Waals surface area contributed by atoms with Crippen molar-refractivity contribution in [1.29, 1.82) is 0 Å². The third-order valence-electron chi connectivity index (χ3n) is 3.02. The fourth-order valence-corrected chi connectivity index (χ4v) is 5.61. The second-order valence-corrected chi connectivity index (χ2v) is 8.01. The molecule has 0 saturated carbocycles. The fraction of sp³-hybridized carbons (Fsp3) is 0.308. The van der Waals surface area contributed by atoms with Crippen molar-refractivity contribution in [3.63, 3.8) is 0 Å². The van der Waals surface area contributed by atoms with E-state index in [1.165, 1.54) is 11.3 Å². The van der Waals surface area contributed by atoms with Crippen LogP contribution in [0, 0.1) is 6.92 Å². The van der Waals surface area contributed by atoms with E-state index < -0.39 is 16.0 Å². The monoisotopic (exact) mass is 345 g/mol. The van der Waals surface area contributed by atoms with Gasteiger partial charge in [0.25, 0.3) is 0 Å². The zero-order valence-electron chi connectivity index (χ0n) is 11.5. The Morgan fingerprint density at radius 3 is 2.71 bits per heavy atom. The Bertz CT molecular complexity index is 758. The number of carboxylic acids is 1. The van der Waals surface area contributed by atoms with Crippen molar-refractivity contribution >= 4 is 38.7 Å². The number of nitrogens with one attached hydrogen (secondary N) is 1. The summed E-state index contributed by atoms with van der Waals surface area (Å²) in [6, 6.07) is 1.97. The Balaban J connectivity index is 2.27. The van der Waals surface area contributed by atoms with Crippen molar-refractivity contribution in [2.75, 3.05) is 0 Å². The van der Waals surface area contributed by atoms with Crippen LogP contribution in [0.1, 0.15) is 32.6 Å². The van der Waals surface area contributed by atoms with Crippen LogP contribution in [0.5, 0.6) is 0 Å². The minimum absolute atomic E-state index is 0.130. The van der Waals surface area contributed by atoms with Gasteiger partial charge in [0.2, 0.25) is 10.0 Å². The maximum atomic E-state index is 12.4. The zero-order chi connectivity index (χ0) is 15.6. The molecule has 0 fully saturated rings. The Morgan fingerprint density at radius 2 is 2.10 bits per heavy atom. The summed E-state index contributed by atoms with van der Waals surface area (Å²) in [5, 5.41) is 12.6. The molecular weight excluding hydrogens is 330 g/mol. The summed E-state index contributed by atoms with van der Waals surface area (Å²) >= 11 is 2.41. The molecule has 0 aliphatic carbocycles. The first kappa shape index (κ1) is 16.2. The van der Waals surface area contributed by atoms with E-state index in [-0.39, 0.29) is 16.3 Å². The van der Waals surface area contributed by atoms with E-state index in [1.807, 2.05) is 18.4 Å². The number of carboxylic acid groups (broad SMARTS) is 1. The second-order valence-electron chi connectivity index (χ2n) is 4.43. The molecule has 0 spiro atoms. The number of carbonyl (C=O) groups is 1. The van der Waals surface area contributed by atoms with E-state index in [2.05, 4.69) is 4.72 Å². The Labute approximate surface area is 131 Å². The topological polar surface area (TPSA) is 83.5 Å². The molecule has 0 radical (unpaired) electrons. The largest absolute Gasteiger partial charge is 0.477 e. The van der Waals surface area contributed by atoms with E-state index in [9.17, 15) is 13.2 Å². The lowest BCUT2D eigenvalue weighted by atomic mass is 10.2. The van der Waals surface area contributed by atoms with Crippen LogP contribution in [0.2, 0.25) is 0 Å². The van der Waals surface area contributed by atoms with E-state index >= 15 is 0 Å². The molecule has 21 heavy (non-hydrogen) atoms. The Morgan fingerprint density at radius 1 is 1.38 bits per heavy atom. The molecule has 2 heterocycles. The molecule has 0 aliphatic rings. The van der Waals surface area contributed by atoms with Gasteiger partial charge in [-0.25, -0.2) is 17.9 Å². The highest BCUT2D eigenvalue weighted by molar-refractivity contribution is 7.89. The highest BCUT2D eigenvalue weighted by atomic mass is 32.2. The van der Waals surface area contributed by atoms with Crippen LogP contribution in [0.25, 0.3) is 0 Å². The highest BCUT2D eigenvalue weighted by Crippen LogP contribution is 2.27. The first-order chi connectivity index (χ1) is 9.86. The van der Waals surface area contributed by atoms with Crippen LogP contribution >= 0.6 is 22.7 Å². The van der Waals surface area contributed by atoms with Crippen molar-refractivity contribution in [3.8, 4) is 0 Å². The van der Waals surface area contributed by atoms with E-state index in [0.29, 0.717) is 5.56 Å². The Hall–Kier alpha value is -1.22. The minimum Gasteiger partial charge on any atom is -0.477 e. The van der Waals surface area contributed by atoms with Gasteiger partial charge >= 0.3 is 5.97 Å². The van der Waals surface area contributed by atoms with Crippen LogP contribution in [0.15, 0.2) is 21.7 Å². The quantitative estimate of drug-likeness (QED) is 0.843. The van der Waals surface area contributed by atoms with E-state index in [4.69, 9.17) is 5.11 Å². The molecule has 0 aliphatic heterocycles. The third kappa shape index (κ3) is 3.34. The zero-order valence-corrected chi connectivity index (χ0v) is 14.0. The standard InChI is InChI=1S/C13H15NO4S3/c1-3-9-4-5-19-10(9)6-14-21(17,18)12-8(2)7-20-11(12)13(15)16/h4-5,7,14H,3,6H2,1-2H3,(H,15,16). The summed E-state index contributed by atoms with van der Waals surface area (Å²) in [5.74, 6) is -1.22. The van der Waals surface area contributed by atoms with Gasteiger partial charge in [-0.3, -0.25) is 0 Å². The molecule has 2 aromatic rings. The first-order valence-electron chi connectivity index (χ1n) is 6.23. The third-order valence-corrected chi connectivity index (χ3v) is 6.79. The molecule has 0 unspecified atom stereocenters. The summed E-state index contributed by atoms with van der Waals surface area (Å²) in [6.07, 6.45) is 0.832. The van der Waals surface area contributed by atoms with Crippen LogP contribution < -0.4 is 4.72 Å². The molecule has 0 atom stereocenters. The molecule has 2 N–H and O–H groups in total. The number of sulfonamides is 1. The molecule has 114 valence electrons. The summed E-state index contributed by atoms with van der Waals surface area (Å²) in [7, 11) is -3.84. The maximum Gasteiger partial charge on any atom is 0.347 e. The molecule has 5 nitrogen and oxygen atoms in total. The normalized spacial score (nSPS) is 11.7. The van der Waals surface area contributed by atoms with Gasteiger partial charge in [-0.1, -0.05) is 6.92 Å². The SMILES string of the molecule is CCc1ccsc1CNS(=O)(=O)c1c(C)csc1C(=O)O. The van der Waals surface area contributed by atoms with Crippen LogP contribution in [0.4, 0.5) is 0 Å². The van der Waals surface area contributed by atoms with Crippen molar-refractivity contribution in [1.82, 2.24) is 4.72 Å². The number of aryl methyl sites for hydroxylation is 2. The molecule has 8 heteroatoms. The highest BCUT2D eigenvalue weighted by Gasteiger charge is 2.26. The number of hydrogen-bond donors (Lipinski definition) is 2. The summed E-state index contributed by atoms with van der Waals surface area (Å²) in [6.45, 7) is 3.78. The van der Waals surface area contributed by atoms with Crippen molar-refractivity contribution in [2.45, 2.75) is 31.7 Å². The average molecular weight is 345 g/mol. The van der Waals surface area contributed by atoms with E-state index in [1.54, 1.807) is 12.3 Å². The maximum absolute atomic E-state index is 12.4. The summed E-state index contributed by atoms with van der Waals surface area (Å²) in [4.78, 5) is 11.8. The van der Waals surface area contributed by atoms with Gasteiger partial charge in [0.15, 0.2) is 0 Å². The number of thiophene rings is 2. The molecular formula is C13H15NO4S3. The lowest BCUT2D eigenvalue weighted by Gasteiger charge is -2.08. The number of rotatable bonds is 6. The molecule has 0 bridgehead atoms. The van der Waals surface area contributed by atoms with Gasteiger partial charge in [-0.2, -0.15) is 0 Å². The predicted octanol–water partition coefficient (Wildman–Crippen LogP) is 2.86. The smallest absolute Gasteiger partial charge is 0.347 e. The average Bonchev–Trinajstić information content (AvgIpc) is 3.02. The number of hydrogen-bond acceptors (Lipinski definition) is 5. The van der Waals surface area contributed by atoms with Crippen molar-refractivity contribution in [2.24, 2.45) is 0 Å². The van der Waals surface area contributed by atoms with Gasteiger partial charge in [-0.05, 0) is 41.3 Å². The van der Waals surface area contributed by atoms with Crippen molar-refractivity contribution < 1.29 is 18.3 Å². The molecule has 0 aromatic carbocycles. The fourth-order valence-electron chi connectivity index (χ4n) is 1.98. The molecule has 2 rings (SSSR count). The van der Waals surface area contributed by atoms with Gasteiger partial charge in [0.1, 0.15) is 9.77 Å². The first-order valence-corrected chi connectivity index (χ1v) is 9.47. The van der Waals surface area contributed by atoms with Gasteiger partial charge in [0, 0.05) is 11.4 Å². The van der Waals surface area contributed by atoms with Gasteiger partial charge in [-0.15, -0.1) is 22.7 Å². The molecule has 0 amide bonds. The molecule has 2 aromatic heterocycles. The second kappa shape index (κ2) is 6.27. The van der Waals surface area contributed by atoms with Gasteiger partial charge in [0.05, 0.1) is 0 Å². The van der Waals surface area contributed by atoms with Crippen molar-refractivity contribution in [3.05, 3.63) is 37.7 Å². The van der Waals surface area contributed by atoms with E-state index in [0.717, 1.165) is 28.2 Å². The summed E-state index contributed by atoms with van der Waals surface area (Å²) < 4.78 is 27.2. The van der Waals surface area contributed by atoms with Crippen LogP contribution in [-0.4, -0.2) is 19.5 Å². The predicted molar refractivity (Wildman–Crippen MR) is 83.7 cm³/mol. The lowest BCUT2D eigenvalue weighted by Crippen LogP contribution is -2.25. The lowest BCUT2D eigenvalue weighted by molar-refractivity contribution is 0.0698. The minimum atomic E-state index is -3.84. The van der Waals surface area contributed by atoms with Crippen LogP contribution in [-0.2, 0) is 23.0 Å².